The Morgan fingerprint density at radius 2 is 1.73 bits per heavy atom. The maximum Gasteiger partial charge on any atom is 0.701 e. The summed E-state index contributed by atoms with van der Waals surface area (Å²) < 4.78 is 48.4. The fourth-order valence-corrected chi connectivity index (χ4v) is 3.47. The van der Waals surface area contributed by atoms with Gasteiger partial charge in [0.05, 0.1) is 12.2 Å². The van der Waals surface area contributed by atoms with Crippen LogP contribution in [0.2, 0.25) is 0 Å². The molecule has 140 valence electrons. The second kappa shape index (κ2) is 9.97. The smallest absolute Gasteiger partial charge is 0.377 e. The van der Waals surface area contributed by atoms with E-state index in [-0.39, 0.29) is 11.1 Å². The second-order valence-electron chi connectivity index (χ2n) is 5.44. The van der Waals surface area contributed by atoms with Crippen molar-refractivity contribution in [3.05, 3.63) is 68.1 Å². The first-order valence-electron chi connectivity index (χ1n) is 7.62. The molecule has 0 bridgehead atoms. The van der Waals surface area contributed by atoms with Crippen LogP contribution in [0.15, 0.2) is 51.4 Å². The van der Waals surface area contributed by atoms with Crippen LogP contribution in [0.25, 0.3) is 0 Å². The Morgan fingerprint density at radius 1 is 1.08 bits per heavy atom. The van der Waals surface area contributed by atoms with Gasteiger partial charge in [0.2, 0.25) is 0 Å². The first-order chi connectivity index (χ1) is 12.3. The van der Waals surface area contributed by atoms with Gasteiger partial charge in [0, 0.05) is 20.1 Å². The molecule has 0 fully saturated rings. The lowest BCUT2D eigenvalue weighted by atomic mass is 10.1. The molecule has 2 rings (SSSR count). The molecule has 1 unspecified atom stereocenters. The molecule has 0 radical (unpaired) electrons. The molecule has 26 heavy (non-hydrogen) atoms. The molecule has 0 saturated carbocycles. The second-order valence-corrected chi connectivity index (χ2v) is 7.87. The van der Waals surface area contributed by atoms with Crippen molar-refractivity contribution in [2.24, 2.45) is 0 Å². The van der Waals surface area contributed by atoms with Crippen molar-refractivity contribution in [3.63, 3.8) is 0 Å². The van der Waals surface area contributed by atoms with Crippen LogP contribution < -0.4 is 0 Å². The summed E-state index contributed by atoms with van der Waals surface area (Å²) in [4.78, 5) is 8.53. The molecule has 0 aliphatic heterocycles. The molecule has 0 aliphatic rings. The first-order valence-corrected chi connectivity index (χ1v) is 10.3. The Balaban J connectivity index is 1.82. The molecular weight excluding hydrogens is 497 g/mol. The average molecular weight is 513 g/mol. The van der Waals surface area contributed by atoms with E-state index in [1.165, 1.54) is 17.7 Å². The maximum absolute atomic E-state index is 13.7. The summed E-state index contributed by atoms with van der Waals surface area (Å²) in [5, 5.41) is 0. The van der Waals surface area contributed by atoms with E-state index in [2.05, 4.69) is 36.4 Å². The number of ether oxygens (including phenoxy) is 1. The maximum atomic E-state index is 13.7. The summed E-state index contributed by atoms with van der Waals surface area (Å²) in [6.07, 6.45) is -2.12. The van der Waals surface area contributed by atoms with E-state index in [0.29, 0.717) is 12.2 Å². The number of hydrogen-bond acceptors (Lipinski definition) is 3. The van der Waals surface area contributed by atoms with Crippen LogP contribution in [0.5, 0.6) is 0 Å². The largest absolute Gasteiger partial charge is 0.701 e. The van der Waals surface area contributed by atoms with Crippen LogP contribution in [-0.2, 0) is 33.0 Å². The predicted octanol–water partition coefficient (Wildman–Crippen LogP) is 6.08. The number of alkyl halides is 2. The van der Waals surface area contributed by atoms with Gasteiger partial charge in [-0.05, 0) is 52.8 Å². The van der Waals surface area contributed by atoms with E-state index in [0.717, 1.165) is 23.4 Å². The number of rotatable bonds is 9. The molecular formula is C17H16Br2F2O4P+. The van der Waals surface area contributed by atoms with Crippen molar-refractivity contribution >= 4 is 40.1 Å². The molecule has 0 amide bonds. The van der Waals surface area contributed by atoms with Crippen molar-refractivity contribution in [2.75, 3.05) is 6.61 Å². The Kier molecular flexibility index (Phi) is 8.26. The highest BCUT2D eigenvalue weighted by Gasteiger charge is 2.44. The van der Waals surface area contributed by atoms with Crippen LogP contribution in [0.1, 0.15) is 23.1 Å². The van der Waals surface area contributed by atoms with Crippen LogP contribution in [0, 0.1) is 0 Å². The zero-order valence-corrected chi connectivity index (χ0v) is 17.6. The minimum Gasteiger partial charge on any atom is -0.377 e. The van der Waals surface area contributed by atoms with Gasteiger partial charge in [-0.25, -0.2) is 0 Å². The van der Waals surface area contributed by atoms with Gasteiger partial charge < -0.3 is 4.74 Å². The van der Waals surface area contributed by atoms with E-state index >= 15 is 0 Å². The van der Waals surface area contributed by atoms with Crippen molar-refractivity contribution in [2.45, 2.75) is 25.6 Å². The van der Waals surface area contributed by atoms with Gasteiger partial charge in [-0.2, -0.15) is 8.78 Å². The summed E-state index contributed by atoms with van der Waals surface area (Å²) in [6.45, 7) is 0.819. The lowest BCUT2D eigenvalue weighted by Gasteiger charge is -2.12. The molecule has 9 heteroatoms. The lowest BCUT2D eigenvalue weighted by Crippen LogP contribution is -2.15. The monoisotopic (exact) mass is 511 g/mol. The van der Waals surface area contributed by atoms with Gasteiger partial charge in [0.1, 0.15) is 0 Å². The third kappa shape index (κ3) is 6.76. The number of halogens is 4. The molecule has 1 atom stereocenters. The van der Waals surface area contributed by atoms with Crippen molar-refractivity contribution < 1.29 is 27.5 Å². The number of hydrogen-bond donors (Lipinski definition) is 1. The molecule has 0 heterocycles. The van der Waals surface area contributed by atoms with Crippen LogP contribution >= 0.6 is 40.1 Å². The van der Waals surface area contributed by atoms with Gasteiger partial charge in [-0.15, -0.1) is 4.89 Å². The Labute approximate surface area is 167 Å². The summed E-state index contributed by atoms with van der Waals surface area (Å²) in [5.74, 6) is 0. The van der Waals surface area contributed by atoms with E-state index < -0.39 is 19.9 Å². The predicted molar refractivity (Wildman–Crippen MR) is 101 cm³/mol. The summed E-state index contributed by atoms with van der Waals surface area (Å²) >= 11 is 6.42. The van der Waals surface area contributed by atoms with Crippen LogP contribution in [0.4, 0.5) is 8.78 Å². The standard InChI is InChI=1S/C17H15Br2F2O4P/c18-14-6-3-12(4-7-14)2-1-9-24-11-13-5-8-15(16(19)10-13)17(20,21)25-26(22)23/h3-8,10H,1-2,9,11H2/p+1. The highest BCUT2D eigenvalue weighted by atomic mass is 79.9. The van der Waals surface area contributed by atoms with Crippen molar-refractivity contribution in [3.8, 4) is 0 Å². The molecule has 0 saturated heterocycles. The van der Waals surface area contributed by atoms with Crippen molar-refractivity contribution in [1.29, 1.82) is 0 Å². The Morgan fingerprint density at radius 3 is 2.35 bits per heavy atom. The van der Waals surface area contributed by atoms with Gasteiger partial charge >= 0.3 is 14.4 Å². The van der Waals surface area contributed by atoms with Crippen LogP contribution in [-0.4, -0.2) is 11.5 Å². The fourth-order valence-electron chi connectivity index (χ4n) is 2.25. The normalized spacial score (nSPS) is 12.3. The highest BCUT2D eigenvalue weighted by Crippen LogP contribution is 2.40. The molecule has 1 N–H and O–H groups in total. The topological polar surface area (TPSA) is 55.8 Å². The quantitative estimate of drug-likeness (QED) is 0.327. The minimum absolute atomic E-state index is 0.0790. The Bertz CT molecular complexity index is 757. The summed E-state index contributed by atoms with van der Waals surface area (Å²) in [5.41, 5.74) is 1.40. The summed E-state index contributed by atoms with van der Waals surface area (Å²) in [6, 6.07) is 12.2. The molecule has 0 aromatic heterocycles. The summed E-state index contributed by atoms with van der Waals surface area (Å²) in [7, 11) is -3.42. The molecule has 0 spiro atoms. The van der Waals surface area contributed by atoms with E-state index in [1.54, 1.807) is 0 Å². The zero-order chi connectivity index (χ0) is 19.2. The number of aryl methyl sites for hydroxylation is 1. The van der Waals surface area contributed by atoms with Gasteiger partial charge in [-0.3, -0.25) is 0 Å². The van der Waals surface area contributed by atoms with Crippen molar-refractivity contribution in [1.82, 2.24) is 0 Å². The minimum atomic E-state index is -3.86. The third-order valence-corrected chi connectivity index (χ3v) is 5.05. The third-order valence-electron chi connectivity index (χ3n) is 3.48. The molecule has 0 aliphatic carbocycles. The lowest BCUT2D eigenvalue weighted by molar-refractivity contribution is -0.186. The fraction of sp³-hybridized carbons (Fsp3) is 0.294. The SMILES string of the molecule is O=[P+](O)OC(F)(F)c1ccc(COCCCc2ccc(Br)cc2)cc1Br. The van der Waals surface area contributed by atoms with Crippen LogP contribution in [0.3, 0.4) is 0 Å². The first kappa shape index (κ1) is 21.5. The Hall–Kier alpha value is -0.760. The molecule has 2 aromatic rings. The van der Waals surface area contributed by atoms with Gasteiger partial charge in [0.15, 0.2) is 0 Å². The molecule has 2 aromatic carbocycles. The highest BCUT2D eigenvalue weighted by molar-refractivity contribution is 9.10. The van der Waals surface area contributed by atoms with E-state index in [9.17, 15) is 13.3 Å². The average Bonchev–Trinajstić information content (AvgIpc) is 2.55. The van der Waals surface area contributed by atoms with E-state index in [4.69, 9.17) is 9.63 Å². The zero-order valence-electron chi connectivity index (χ0n) is 13.5. The number of benzene rings is 2. The molecule has 4 nitrogen and oxygen atoms in total. The van der Waals surface area contributed by atoms with Gasteiger partial charge in [0.25, 0.3) is 0 Å². The van der Waals surface area contributed by atoms with E-state index in [1.807, 2.05) is 24.3 Å². The van der Waals surface area contributed by atoms with Gasteiger partial charge in [-0.1, -0.05) is 50.1 Å².